The van der Waals surface area contributed by atoms with Crippen LogP contribution < -0.4 is 5.84 Å². The fourth-order valence-corrected chi connectivity index (χ4v) is 2.82. The fraction of sp³-hybridized carbons (Fsp3) is 0.778. The highest BCUT2D eigenvalue weighted by molar-refractivity contribution is 7.80. The van der Waals surface area contributed by atoms with E-state index in [9.17, 15) is 18.0 Å². The Morgan fingerprint density at radius 3 is 2.75 bits per heavy atom. The molecule has 2 heterocycles. The van der Waals surface area contributed by atoms with E-state index in [2.05, 4.69) is 4.28 Å². The molecule has 2 saturated heterocycles. The molecule has 20 heavy (non-hydrogen) atoms. The van der Waals surface area contributed by atoms with E-state index in [1.54, 1.807) is 6.92 Å². The van der Waals surface area contributed by atoms with E-state index in [1.165, 1.54) is 4.90 Å². The second kappa shape index (κ2) is 5.16. The molecule has 0 aromatic rings. The van der Waals surface area contributed by atoms with Crippen LogP contribution in [0.15, 0.2) is 0 Å². The van der Waals surface area contributed by atoms with Crippen LogP contribution >= 0.6 is 0 Å². The lowest BCUT2D eigenvalue weighted by atomic mass is 10.0. The molecular formula is C9H16N4O6S. The first-order valence-corrected chi connectivity index (χ1v) is 7.44. The number of likely N-dealkylation sites (N-methyl/N-ethyl adjacent to an activating group) is 1. The number of nitrogens with two attached hydrogens (primary N) is 1. The number of hydrogen-bond acceptors (Lipinski definition) is 6. The minimum Gasteiger partial charge on any atom is -0.309 e. The number of urea groups is 1. The molecular weight excluding hydrogens is 292 g/mol. The van der Waals surface area contributed by atoms with E-state index >= 15 is 0 Å². The van der Waals surface area contributed by atoms with Gasteiger partial charge in [-0.25, -0.2) is 10.6 Å². The van der Waals surface area contributed by atoms with Crippen LogP contribution in [0.3, 0.4) is 0 Å². The maximum atomic E-state index is 12.0. The summed E-state index contributed by atoms with van der Waals surface area (Å²) in [6.45, 7) is 2.15. The van der Waals surface area contributed by atoms with Gasteiger partial charge in [-0.05, 0) is 19.8 Å². The summed E-state index contributed by atoms with van der Waals surface area (Å²) in [5.74, 6) is 5.12. The highest BCUT2D eigenvalue weighted by Crippen LogP contribution is 2.31. The lowest BCUT2D eigenvalue weighted by Gasteiger charge is -2.31. The first-order chi connectivity index (χ1) is 9.24. The first-order valence-electron chi connectivity index (χ1n) is 6.07. The third-order valence-electron chi connectivity index (χ3n) is 3.41. The van der Waals surface area contributed by atoms with Crippen LogP contribution in [-0.2, 0) is 19.5 Å². The van der Waals surface area contributed by atoms with Gasteiger partial charge in [-0.1, -0.05) is 0 Å². The van der Waals surface area contributed by atoms with Crippen molar-refractivity contribution in [2.24, 2.45) is 5.84 Å². The average molecular weight is 308 g/mol. The van der Waals surface area contributed by atoms with Crippen molar-refractivity contribution in [1.82, 2.24) is 15.0 Å². The van der Waals surface area contributed by atoms with Gasteiger partial charge in [0.15, 0.2) is 0 Å². The lowest BCUT2D eigenvalue weighted by Crippen LogP contribution is -2.53. The topological polar surface area (TPSA) is 133 Å². The molecule has 0 aromatic heterocycles. The predicted molar refractivity (Wildman–Crippen MR) is 65.0 cm³/mol. The Morgan fingerprint density at radius 1 is 1.55 bits per heavy atom. The van der Waals surface area contributed by atoms with Gasteiger partial charge in [0, 0.05) is 13.1 Å². The van der Waals surface area contributed by atoms with E-state index in [-0.39, 0.29) is 6.54 Å². The molecule has 0 spiro atoms. The van der Waals surface area contributed by atoms with Gasteiger partial charge in [-0.15, -0.1) is 4.28 Å². The highest BCUT2D eigenvalue weighted by Gasteiger charge is 2.49. The summed E-state index contributed by atoms with van der Waals surface area (Å²) in [5.41, 5.74) is 0. The summed E-state index contributed by atoms with van der Waals surface area (Å²) in [6, 6.07) is -2.02. The standard InChI is InChI=1S/C9H16N4O6S/c1-2-12(10)8(14)7-4-3-6-5-11(7)9(15)13(6)19-20(16,17)18/h6-7H,2-5,10H2,1H3,(H,16,17,18). The molecule has 2 bridgehead atoms. The van der Waals surface area contributed by atoms with Gasteiger partial charge in [0.05, 0.1) is 6.04 Å². The monoisotopic (exact) mass is 308 g/mol. The Labute approximate surface area is 115 Å². The van der Waals surface area contributed by atoms with E-state index in [1.807, 2.05) is 0 Å². The number of hydroxylamine groups is 2. The Morgan fingerprint density at radius 2 is 2.20 bits per heavy atom. The molecule has 0 radical (unpaired) electrons. The minimum atomic E-state index is -4.78. The van der Waals surface area contributed by atoms with E-state index in [0.717, 1.165) is 5.01 Å². The van der Waals surface area contributed by atoms with Crippen molar-refractivity contribution < 1.29 is 26.8 Å². The number of hydrogen-bond donors (Lipinski definition) is 2. The number of carbonyl (C=O) groups is 2. The van der Waals surface area contributed by atoms with Gasteiger partial charge >= 0.3 is 16.4 Å². The zero-order valence-electron chi connectivity index (χ0n) is 10.8. The van der Waals surface area contributed by atoms with E-state index in [0.29, 0.717) is 24.4 Å². The van der Waals surface area contributed by atoms with Gasteiger partial charge in [0.25, 0.3) is 5.91 Å². The number of hydrazine groups is 1. The first kappa shape index (κ1) is 15.0. The second-order valence-electron chi connectivity index (χ2n) is 4.63. The molecule has 2 atom stereocenters. The fourth-order valence-electron chi connectivity index (χ4n) is 2.44. The molecule has 10 nitrogen and oxygen atoms in total. The van der Waals surface area contributed by atoms with Crippen LogP contribution in [0.4, 0.5) is 4.79 Å². The number of carbonyl (C=O) groups excluding carboxylic acids is 2. The van der Waals surface area contributed by atoms with Gasteiger partial charge in [0.2, 0.25) is 0 Å². The van der Waals surface area contributed by atoms with Crippen LogP contribution in [0, 0.1) is 0 Å². The summed E-state index contributed by atoms with van der Waals surface area (Å²) in [5, 5.41) is 1.60. The van der Waals surface area contributed by atoms with Gasteiger partial charge in [-0.2, -0.15) is 13.5 Å². The van der Waals surface area contributed by atoms with E-state index in [4.69, 9.17) is 10.4 Å². The van der Waals surface area contributed by atoms with Crippen molar-refractivity contribution in [3.8, 4) is 0 Å². The molecule has 2 aliphatic heterocycles. The van der Waals surface area contributed by atoms with Crippen LogP contribution in [0.1, 0.15) is 19.8 Å². The maximum absolute atomic E-state index is 12.0. The molecule has 2 rings (SSSR count). The molecule has 2 unspecified atom stereocenters. The number of rotatable bonds is 4. The predicted octanol–water partition coefficient (Wildman–Crippen LogP) is -1.29. The lowest BCUT2D eigenvalue weighted by molar-refractivity contribution is -0.136. The van der Waals surface area contributed by atoms with Gasteiger partial charge in [-0.3, -0.25) is 14.4 Å². The quantitative estimate of drug-likeness (QED) is 0.286. The molecule has 0 aliphatic carbocycles. The third-order valence-corrected chi connectivity index (χ3v) is 3.76. The van der Waals surface area contributed by atoms with Crippen molar-refractivity contribution >= 4 is 22.3 Å². The Kier molecular flexibility index (Phi) is 3.86. The summed E-state index contributed by atoms with van der Waals surface area (Å²) in [4.78, 5) is 25.3. The molecule has 2 fully saturated rings. The Hall–Kier alpha value is -1.43. The minimum absolute atomic E-state index is 0.155. The molecule has 0 aromatic carbocycles. The van der Waals surface area contributed by atoms with Crippen LogP contribution in [0.5, 0.6) is 0 Å². The SMILES string of the molecule is CCN(N)C(=O)C1CCC2CN1C(=O)N2OS(=O)(=O)O. The van der Waals surface area contributed by atoms with Crippen molar-refractivity contribution in [1.29, 1.82) is 0 Å². The van der Waals surface area contributed by atoms with Crippen molar-refractivity contribution in [2.75, 3.05) is 13.1 Å². The van der Waals surface area contributed by atoms with Gasteiger partial charge < -0.3 is 4.90 Å². The summed E-state index contributed by atoms with van der Waals surface area (Å²) in [7, 11) is -4.78. The highest BCUT2D eigenvalue weighted by atomic mass is 32.3. The van der Waals surface area contributed by atoms with Crippen LogP contribution in [0.25, 0.3) is 0 Å². The second-order valence-corrected chi connectivity index (χ2v) is 5.64. The smallest absolute Gasteiger partial charge is 0.309 e. The zero-order valence-corrected chi connectivity index (χ0v) is 11.6. The molecule has 3 N–H and O–H groups in total. The number of piperidine rings is 1. The van der Waals surface area contributed by atoms with Crippen molar-refractivity contribution in [3.05, 3.63) is 0 Å². The third kappa shape index (κ3) is 2.70. The largest absolute Gasteiger partial charge is 0.418 e. The summed E-state index contributed by atoms with van der Waals surface area (Å²) >= 11 is 0. The van der Waals surface area contributed by atoms with Crippen LogP contribution in [-0.4, -0.2) is 65.1 Å². The summed E-state index contributed by atoms with van der Waals surface area (Å²) in [6.07, 6.45) is 0.736. The van der Waals surface area contributed by atoms with Crippen LogP contribution in [0.2, 0.25) is 0 Å². The normalized spacial score (nSPS) is 26.1. The maximum Gasteiger partial charge on any atom is 0.418 e. The van der Waals surface area contributed by atoms with E-state index < -0.39 is 34.4 Å². The molecule has 114 valence electrons. The number of fused-ring (bicyclic) bond motifs is 2. The Balaban J connectivity index is 2.16. The van der Waals surface area contributed by atoms with Crippen molar-refractivity contribution in [2.45, 2.75) is 31.8 Å². The number of nitrogens with zero attached hydrogens (tertiary/aromatic N) is 3. The van der Waals surface area contributed by atoms with Gasteiger partial charge in [0.1, 0.15) is 6.04 Å². The molecule has 11 heteroatoms. The molecule has 2 aliphatic rings. The average Bonchev–Trinajstić information content (AvgIpc) is 2.61. The summed E-state index contributed by atoms with van der Waals surface area (Å²) < 4.78 is 34.3. The van der Waals surface area contributed by atoms with Crippen molar-refractivity contribution in [3.63, 3.8) is 0 Å². The zero-order chi connectivity index (χ0) is 15.1. The number of amides is 3. The Bertz CT molecular complexity index is 523. The molecule has 0 saturated carbocycles. The molecule has 3 amide bonds.